The molecule has 9 heteroatoms. The van der Waals surface area contributed by atoms with Crippen LogP contribution in [0.15, 0.2) is 36.7 Å². The molecule has 2 heterocycles. The fourth-order valence-electron chi connectivity index (χ4n) is 1.71. The predicted molar refractivity (Wildman–Crippen MR) is 86.4 cm³/mol. The number of amides is 1. The zero-order chi connectivity index (χ0) is 19.0. The Balaban J connectivity index is 0.000000271. The Labute approximate surface area is 143 Å². The number of carbonyl (C=O) groups is 3. The summed E-state index contributed by atoms with van der Waals surface area (Å²) in [5.74, 6) is -2.31. The molecule has 0 aliphatic rings. The van der Waals surface area contributed by atoms with Gasteiger partial charge >= 0.3 is 5.97 Å². The van der Waals surface area contributed by atoms with E-state index >= 15 is 0 Å². The first-order valence-corrected chi connectivity index (χ1v) is 7.00. The van der Waals surface area contributed by atoms with Crippen molar-refractivity contribution in [1.29, 1.82) is 0 Å². The minimum absolute atomic E-state index is 0.00878. The largest absolute Gasteiger partial charge is 0.505 e. The maximum Gasteiger partial charge on any atom is 0.358 e. The first kappa shape index (κ1) is 19.6. The highest BCUT2D eigenvalue weighted by atomic mass is 16.4. The van der Waals surface area contributed by atoms with Crippen LogP contribution in [0.4, 0.5) is 0 Å². The van der Waals surface area contributed by atoms with Crippen molar-refractivity contribution in [3.63, 3.8) is 0 Å². The van der Waals surface area contributed by atoms with Crippen molar-refractivity contribution in [2.45, 2.75) is 6.92 Å². The second-order valence-corrected chi connectivity index (χ2v) is 4.91. The molecular weight excluding hydrogens is 330 g/mol. The van der Waals surface area contributed by atoms with Crippen LogP contribution in [-0.2, 0) is 4.79 Å². The number of hydrogen-bond acceptors (Lipinski definition) is 7. The van der Waals surface area contributed by atoms with Crippen LogP contribution in [0.3, 0.4) is 0 Å². The van der Waals surface area contributed by atoms with Gasteiger partial charge in [0.15, 0.2) is 11.4 Å². The van der Waals surface area contributed by atoms with E-state index in [2.05, 4.69) is 9.97 Å². The summed E-state index contributed by atoms with van der Waals surface area (Å²) >= 11 is 0. The van der Waals surface area contributed by atoms with Crippen LogP contribution in [-0.4, -0.2) is 61.4 Å². The van der Waals surface area contributed by atoms with Gasteiger partial charge in [-0.2, -0.15) is 0 Å². The molecule has 25 heavy (non-hydrogen) atoms. The molecule has 0 saturated carbocycles. The van der Waals surface area contributed by atoms with Gasteiger partial charge in [0, 0.05) is 19.4 Å². The average Bonchev–Trinajstić information content (AvgIpc) is 2.55. The highest BCUT2D eigenvalue weighted by molar-refractivity contribution is 5.96. The highest BCUT2D eigenvalue weighted by Crippen LogP contribution is 2.14. The molecule has 0 atom stereocenters. The monoisotopic (exact) mass is 347 g/mol. The Morgan fingerprint density at radius 1 is 1.00 bits per heavy atom. The molecule has 132 valence electrons. The number of carboxylic acids is 1. The van der Waals surface area contributed by atoms with Crippen molar-refractivity contribution in [2.75, 3.05) is 13.6 Å². The Bertz CT molecular complexity index is 778. The predicted octanol–water partition coefficient (Wildman–Crippen LogP) is 0.934. The van der Waals surface area contributed by atoms with E-state index in [-0.39, 0.29) is 35.2 Å². The molecule has 0 fully saturated rings. The molecule has 0 aliphatic heterocycles. The lowest BCUT2D eigenvalue weighted by molar-refractivity contribution is -0.117. The molecule has 0 unspecified atom stereocenters. The second kappa shape index (κ2) is 8.96. The van der Waals surface area contributed by atoms with Gasteiger partial charge in [-0.15, -0.1) is 0 Å². The number of aromatic nitrogens is 2. The van der Waals surface area contributed by atoms with Crippen molar-refractivity contribution in [1.82, 2.24) is 14.9 Å². The first-order chi connectivity index (χ1) is 11.7. The van der Waals surface area contributed by atoms with E-state index in [1.807, 2.05) is 0 Å². The van der Waals surface area contributed by atoms with Crippen LogP contribution in [0.1, 0.15) is 27.9 Å². The number of carboxylic acid groups (broad SMARTS) is 1. The fraction of sp³-hybridized carbons (Fsp3) is 0.188. The Morgan fingerprint density at radius 2 is 1.48 bits per heavy atom. The summed E-state index contributed by atoms with van der Waals surface area (Å²) in [5.41, 5.74) is -0.358. The maximum absolute atomic E-state index is 11.7. The van der Waals surface area contributed by atoms with E-state index in [9.17, 15) is 19.5 Å². The summed E-state index contributed by atoms with van der Waals surface area (Å²) in [6, 6.07) is 5.64. The van der Waals surface area contributed by atoms with Gasteiger partial charge in [0.1, 0.15) is 17.3 Å². The van der Waals surface area contributed by atoms with E-state index in [4.69, 9.17) is 10.2 Å². The molecule has 0 aliphatic carbocycles. The standard InChI is InChI=1S/C10H12N2O3.C6H5NO3/c1-7(13)6-12(2)10(15)9-8(14)4-3-5-11-9;8-4-2-1-3-7-5(4)6(9)10/h3-5,14H,6H2,1-2H3;1-3,8H,(H,9,10). The fourth-order valence-corrected chi connectivity index (χ4v) is 1.71. The van der Waals surface area contributed by atoms with Crippen molar-refractivity contribution < 1.29 is 29.7 Å². The lowest BCUT2D eigenvalue weighted by Gasteiger charge is -2.14. The van der Waals surface area contributed by atoms with Crippen LogP contribution < -0.4 is 0 Å². The summed E-state index contributed by atoms with van der Waals surface area (Å²) in [5, 5.41) is 26.5. The van der Waals surface area contributed by atoms with Crippen molar-refractivity contribution in [3.8, 4) is 11.5 Å². The number of aromatic carboxylic acids is 1. The van der Waals surface area contributed by atoms with E-state index in [0.717, 1.165) is 0 Å². The van der Waals surface area contributed by atoms with Gasteiger partial charge in [-0.25, -0.2) is 14.8 Å². The molecule has 0 saturated heterocycles. The Kier molecular flexibility index (Phi) is 7.01. The van der Waals surface area contributed by atoms with Gasteiger partial charge in [0.25, 0.3) is 5.91 Å². The summed E-state index contributed by atoms with van der Waals surface area (Å²) in [7, 11) is 1.48. The van der Waals surface area contributed by atoms with Gasteiger partial charge < -0.3 is 20.2 Å². The van der Waals surface area contributed by atoms with Crippen LogP contribution >= 0.6 is 0 Å². The lowest BCUT2D eigenvalue weighted by Crippen LogP contribution is -2.31. The van der Waals surface area contributed by atoms with Gasteiger partial charge in [-0.3, -0.25) is 9.59 Å². The maximum atomic E-state index is 11.7. The van der Waals surface area contributed by atoms with Crippen molar-refractivity contribution in [3.05, 3.63) is 48.0 Å². The van der Waals surface area contributed by atoms with Gasteiger partial charge in [-0.05, 0) is 31.2 Å². The lowest BCUT2D eigenvalue weighted by atomic mass is 10.3. The molecule has 0 spiro atoms. The summed E-state index contributed by atoms with van der Waals surface area (Å²) in [4.78, 5) is 41.0. The molecule has 0 aromatic carbocycles. The molecule has 3 N–H and O–H groups in total. The van der Waals surface area contributed by atoms with Crippen LogP contribution in [0.5, 0.6) is 11.5 Å². The van der Waals surface area contributed by atoms with E-state index in [0.29, 0.717) is 0 Å². The smallest absolute Gasteiger partial charge is 0.358 e. The van der Waals surface area contributed by atoms with Crippen LogP contribution in [0.25, 0.3) is 0 Å². The molecule has 2 aromatic rings. The number of ketones is 1. The van der Waals surface area contributed by atoms with Crippen LogP contribution in [0, 0.1) is 0 Å². The number of hydrogen-bond donors (Lipinski definition) is 3. The number of rotatable bonds is 4. The number of aromatic hydroxyl groups is 2. The van der Waals surface area contributed by atoms with Gasteiger partial charge in [-0.1, -0.05) is 0 Å². The van der Waals surface area contributed by atoms with Crippen LogP contribution in [0.2, 0.25) is 0 Å². The molecular formula is C16H17N3O6. The number of Topliss-reactive ketones (excluding diaryl/α,β-unsaturated/α-hetero) is 1. The number of likely N-dealkylation sites (N-methyl/N-ethyl adjacent to an activating group) is 1. The highest BCUT2D eigenvalue weighted by Gasteiger charge is 2.17. The summed E-state index contributed by atoms with van der Waals surface area (Å²) in [6.07, 6.45) is 2.72. The Morgan fingerprint density at radius 3 is 1.84 bits per heavy atom. The molecule has 1 amide bonds. The zero-order valence-electron chi connectivity index (χ0n) is 13.6. The Hall–Kier alpha value is -3.49. The normalized spacial score (nSPS) is 9.52. The third-order valence-electron chi connectivity index (χ3n) is 2.78. The SMILES string of the molecule is CC(=O)CN(C)C(=O)c1ncccc1O.O=C(O)c1ncccc1O. The number of nitrogens with zero attached hydrogens (tertiary/aromatic N) is 3. The van der Waals surface area contributed by atoms with Gasteiger partial charge in [0.05, 0.1) is 6.54 Å². The number of carbonyl (C=O) groups excluding carboxylic acids is 2. The third-order valence-corrected chi connectivity index (χ3v) is 2.78. The average molecular weight is 347 g/mol. The zero-order valence-corrected chi connectivity index (χ0v) is 13.6. The minimum atomic E-state index is -1.22. The topological polar surface area (TPSA) is 141 Å². The molecule has 0 radical (unpaired) electrons. The molecule has 9 nitrogen and oxygen atoms in total. The molecule has 2 rings (SSSR count). The van der Waals surface area contributed by atoms with Gasteiger partial charge in [0.2, 0.25) is 0 Å². The first-order valence-electron chi connectivity index (χ1n) is 7.00. The van der Waals surface area contributed by atoms with Crippen molar-refractivity contribution >= 4 is 17.7 Å². The second-order valence-electron chi connectivity index (χ2n) is 4.91. The quantitative estimate of drug-likeness (QED) is 0.742. The van der Waals surface area contributed by atoms with E-state index in [1.54, 1.807) is 0 Å². The number of pyridine rings is 2. The van der Waals surface area contributed by atoms with E-state index < -0.39 is 11.9 Å². The molecule has 0 bridgehead atoms. The minimum Gasteiger partial charge on any atom is -0.505 e. The van der Waals surface area contributed by atoms with Crippen molar-refractivity contribution in [2.24, 2.45) is 0 Å². The molecule has 2 aromatic heterocycles. The summed E-state index contributed by atoms with van der Waals surface area (Å²) in [6.45, 7) is 1.40. The third kappa shape index (κ3) is 5.90. The van der Waals surface area contributed by atoms with E-state index in [1.165, 1.54) is 55.5 Å². The summed E-state index contributed by atoms with van der Waals surface area (Å²) < 4.78 is 0.